The lowest BCUT2D eigenvalue weighted by Crippen LogP contribution is -2.33. The van der Waals surface area contributed by atoms with E-state index in [9.17, 15) is 9.59 Å². The average Bonchev–Trinajstić information content (AvgIpc) is 2.75. The first-order valence-electron chi connectivity index (χ1n) is 6.38. The average molecular weight is 275 g/mol. The van der Waals surface area contributed by atoms with Crippen molar-refractivity contribution in [3.63, 3.8) is 0 Å². The molecule has 1 atom stereocenters. The molecule has 5 nitrogen and oxygen atoms in total. The van der Waals surface area contributed by atoms with Crippen LogP contribution in [0.1, 0.15) is 23.0 Å². The predicted octanol–water partition coefficient (Wildman–Crippen LogP) is 2.53. The van der Waals surface area contributed by atoms with Crippen LogP contribution < -0.4 is 0 Å². The third-order valence-corrected chi connectivity index (χ3v) is 3.35. The van der Waals surface area contributed by atoms with Crippen LogP contribution >= 0.6 is 0 Å². The van der Waals surface area contributed by atoms with Crippen molar-refractivity contribution in [2.45, 2.75) is 13.8 Å². The number of rotatable bonds is 4. The zero-order valence-electron chi connectivity index (χ0n) is 11.7. The smallest absolute Gasteiger partial charge is 0.308 e. The lowest BCUT2D eigenvalue weighted by molar-refractivity contribution is -0.141. The van der Waals surface area contributed by atoms with Crippen molar-refractivity contribution in [2.75, 3.05) is 13.6 Å². The van der Waals surface area contributed by atoms with E-state index in [0.717, 1.165) is 10.9 Å². The van der Waals surface area contributed by atoms with Gasteiger partial charge in [0, 0.05) is 24.5 Å². The van der Waals surface area contributed by atoms with Gasteiger partial charge in [-0.25, -0.2) is 0 Å². The molecule has 106 valence electrons. The summed E-state index contributed by atoms with van der Waals surface area (Å²) in [6, 6.07) is 7.43. The highest BCUT2D eigenvalue weighted by Crippen LogP contribution is 2.25. The standard InChI is InChI=1S/C15H17NO4/c1-9(15(18)19)8-16(3)14(17)13-10(2)11-6-4-5-7-12(11)20-13/h4-7,9H,8H2,1-3H3,(H,18,19). The number of aliphatic carboxylic acids is 1. The molecule has 1 N–H and O–H groups in total. The zero-order valence-corrected chi connectivity index (χ0v) is 11.7. The molecule has 0 saturated carbocycles. The number of carbonyl (C=O) groups excluding carboxylic acids is 1. The van der Waals surface area contributed by atoms with Crippen molar-refractivity contribution >= 4 is 22.8 Å². The van der Waals surface area contributed by atoms with Gasteiger partial charge in [-0.05, 0) is 13.0 Å². The number of para-hydroxylation sites is 1. The Morgan fingerprint density at radius 1 is 1.35 bits per heavy atom. The summed E-state index contributed by atoms with van der Waals surface area (Å²) in [6.45, 7) is 3.54. The summed E-state index contributed by atoms with van der Waals surface area (Å²) in [5.41, 5.74) is 1.44. The number of benzene rings is 1. The van der Waals surface area contributed by atoms with Crippen LogP contribution in [0.3, 0.4) is 0 Å². The first kappa shape index (κ1) is 14.1. The zero-order chi connectivity index (χ0) is 14.9. The Morgan fingerprint density at radius 3 is 2.60 bits per heavy atom. The van der Waals surface area contributed by atoms with Crippen LogP contribution in [0.4, 0.5) is 0 Å². The number of fused-ring (bicyclic) bond motifs is 1. The number of carboxylic acid groups (broad SMARTS) is 1. The molecule has 2 aromatic rings. The molecule has 0 spiro atoms. The number of carbonyl (C=O) groups is 2. The Hall–Kier alpha value is -2.30. The van der Waals surface area contributed by atoms with Crippen molar-refractivity contribution < 1.29 is 19.1 Å². The maximum absolute atomic E-state index is 12.3. The van der Waals surface area contributed by atoms with Crippen LogP contribution in [-0.4, -0.2) is 35.5 Å². The molecule has 1 heterocycles. The summed E-state index contributed by atoms with van der Waals surface area (Å²) in [4.78, 5) is 24.6. The van der Waals surface area contributed by atoms with E-state index in [1.165, 1.54) is 4.90 Å². The Balaban J connectivity index is 2.27. The number of furan rings is 1. The van der Waals surface area contributed by atoms with E-state index < -0.39 is 11.9 Å². The molecule has 0 saturated heterocycles. The van der Waals surface area contributed by atoms with E-state index >= 15 is 0 Å². The minimum Gasteiger partial charge on any atom is -0.481 e. The van der Waals surface area contributed by atoms with Gasteiger partial charge in [0.05, 0.1) is 5.92 Å². The molecule has 0 radical (unpaired) electrons. The molecule has 2 rings (SSSR count). The molecule has 1 aromatic heterocycles. The first-order valence-corrected chi connectivity index (χ1v) is 6.38. The van der Waals surface area contributed by atoms with Crippen LogP contribution in [0.2, 0.25) is 0 Å². The minimum atomic E-state index is -0.925. The fourth-order valence-corrected chi connectivity index (χ4v) is 2.12. The SMILES string of the molecule is Cc1c(C(=O)N(C)CC(C)C(=O)O)oc2ccccc12. The maximum atomic E-state index is 12.3. The molecule has 1 amide bonds. The quantitative estimate of drug-likeness (QED) is 0.930. The number of hydrogen-bond acceptors (Lipinski definition) is 3. The summed E-state index contributed by atoms with van der Waals surface area (Å²) < 4.78 is 5.59. The van der Waals surface area contributed by atoms with Gasteiger partial charge >= 0.3 is 5.97 Å². The Bertz CT molecular complexity index is 659. The fourth-order valence-electron chi connectivity index (χ4n) is 2.12. The van der Waals surface area contributed by atoms with Gasteiger partial charge in [-0.2, -0.15) is 0 Å². The summed E-state index contributed by atoms with van der Waals surface area (Å²) in [5.74, 6) is -1.57. The Morgan fingerprint density at radius 2 is 2.00 bits per heavy atom. The van der Waals surface area contributed by atoms with Crippen molar-refractivity contribution in [3.05, 3.63) is 35.6 Å². The molecule has 0 fully saturated rings. The van der Waals surface area contributed by atoms with Gasteiger partial charge in [-0.3, -0.25) is 9.59 Å². The second-order valence-corrected chi connectivity index (χ2v) is 4.98. The molecule has 0 aliphatic heterocycles. The van der Waals surface area contributed by atoms with Gasteiger partial charge in [-0.15, -0.1) is 0 Å². The molecular weight excluding hydrogens is 258 g/mol. The van der Waals surface area contributed by atoms with Gasteiger partial charge < -0.3 is 14.4 Å². The minimum absolute atomic E-state index is 0.144. The van der Waals surface area contributed by atoms with Gasteiger partial charge in [0.15, 0.2) is 5.76 Å². The highest BCUT2D eigenvalue weighted by Gasteiger charge is 2.23. The highest BCUT2D eigenvalue weighted by atomic mass is 16.4. The van der Waals surface area contributed by atoms with Crippen LogP contribution in [-0.2, 0) is 4.79 Å². The molecule has 5 heteroatoms. The number of aryl methyl sites for hydroxylation is 1. The van der Waals surface area contributed by atoms with E-state index in [2.05, 4.69) is 0 Å². The second kappa shape index (κ2) is 5.36. The van der Waals surface area contributed by atoms with Crippen LogP contribution in [0.25, 0.3) is 11.0 Å². The largest absolute Gasteiger partial charge is 0.481 e. The number of hydrogen-bond donors (Lipinski definition) is 1. The topological polar surface area (TPSA) is 70.8 Å². The van der Waals surface area contributed by atoms with Gasteiger partial charge in [0.1, 0.15) is 5.58 Å². The van der Waals surface area contributed by atoms with Crippen molar-refractivity contribution in [1.29, 1.82) is 0 Å². The van der Waals surface area contributed by atoms with Gasteiger partial charge in [0.2, 0.25) is 0 Å². The monoisotopic (exact) mass is 275 g/mol. The molecule has 20 heavy (non-hydrogen) atoms. The molecule has 0 aliphatic rings. The number of amides is 1. The third kappa shape index (κ3) is 2.52. The Labute approximate surface area is 116 Å². The van der Waals surface area contributed by atoms with Crippen LogP contribution in [0.5, 0.6) is 0 Å². The first-order chi connectivity index (χ1) is 9.41. The summed E-state index contributed by atoms with van der Waals surface area (Å²) >= 11 is 0. The summed E-state index contributed by atoms with van der Waals surface area (Å²) in [6.07, 6.45) is 0. The van der Waals surface area contributed by atoms with E-state index in [1.807, 2.05) is 25.1 Å². The van der Waals surface area contributed by atoms with Crippen molar-refractivity contribution in [2.24, 2.45) is 5.92 Å². The fraction of sp³-hybridized carbons (Fsp3) is 0.333. The predicted molar refractivity (Wildman–Crippen MR) is 74.7 cm³/mol. The van der Waals surface area contributed by atoms with Crippen LogP contribution in [0.15, 0.2) is 28.7 Å². The second-order valence-electron chi connectivity index (χ2n) is 4.98. The van der Waals surface area contributed by atoms with Gasteiger partial charge in [0.25, 0.3) is 5.91 Å². The lowest BCUT2D eigenvalue weighted by Gasteiger charge is -2.18. The van der Waals surface area contributed by atoms with E-state index in [4.69, 9.17) is 9.52 Å². The number of carboxylic acids is 1. The van der Waals surface area contributed by atoms with Crippen LogP contribution in [0, 0.1) is 12.8 Å². The lowest BCUT2D eigenvalue weighted by atomic mass is 10.1. The molecular formula is C15H17NO4. The summed E-state index contributed by atoms with van der Waals surface area (Å²) in [5, 5.41) is 9.79. The molecule has 1 unspecified atom stereocenters. The van der Waals surface area contributed by atoms with E-state index in [-0.39, 0.29) is 18.2 Å². The normalized spacial score (nSPS) is 12.3. The van der Waals surface area contributed by atoms with Gasteiger partial charge in [-0.1, -0.05) is 25.1 Å². The van der Waals surface area contributed by atoms with E-state index in [1.54, 1.807) is 20.0 Å². The Kier molecular flexibility index (Phi) is 3.79. The van der Waals surface area contributed by atoms with E-state index in [0.29, 0.717) is 5.58 Å². The molecule has 0 bridgehead atoms. The number of nitrogens with zero attached hydrogens (tertiary/aromatic N) is 1. The summed E-state index contributed by atoms with van der Waals surface area (Å²) in [7, 11) is 1.58. The molecule has 1 aromatic carbocycles. The maximum Gasteiger partial charge on any atom is 0.308 e. The van der Waals surface area contributed by atoms with Crippen molar-refractivity contribution in [3.8, 4) is 0 Å². The molecule has 0 aliphatic carbocycles. The van der Waals surface area contributed by atoms with Crippen molar-refractivity contribution in [1.82, 2.24) is 4.90 Å². The highest BCUT2D eigenvalue weighted by molar-refractivity contribution is 5.98. The third-order valence-electron chi connectivity index (χ3n) is 3.35.